The number of halogens is 1. The van der Waals surface area contributed by atoms with E-state index in [4.69, 9.17) is 21.1 Å². The smallest absolute Gasteiger partial charge is 0.308 e. The Morgan fingerprint density at radius 2 is 1.45 bits per heavy atom. The van der Waals surface area contributed by atoms with Crippen molar-refractivity contribution in [1.82, 2.24) is 0 Å². The lowest BCUT2D eigenvalue weighted by atomic mass is 9.51. The Labute approximate surface area is 301 Å². The predicted octanol–water partition coefficient (Wildman–Crippen LogP) is 7.26. The van der Waals surface area contributed by atoms with Crippen molar-refractivity contribution in [1.29, 1.82) is 0 Å². The van der Waals surface area contributed by atoms with Crippen LogP contribution in [0.4, 0.5) is 17.1 Å². The maximum atomic E-state index is 14.7. The summed E-state index contributed by atoms with van der Waals surface area (Å²) >= 11 is 6.51. The van der Waals surface area contributed by atoms with Crippen molar-refractivity contribution in [2.45, 2.75) is 66.2 Å². The SMILES string of the molecule is CCC1(C(=O)N2CC(CCl)c3c2cc(OC(C)=O)c2ccccc32)CC(C)(C(=O)N2CCc3c2cc(OC(C)=O)c2ccc(NC(C)=O)cc32)C1. The average molecular weight is 710 g/mol. The lowest BCUT2D eigenvalue weighted by molar-refractivity contribution is -0.153. The lowest BCUT2D eigenvalue weighted by Gasteiger charge is -2.54. The maximum absolute atomic E-state index is 14.7. The van der Waals surface area contributed by atoms with Crippen LogP contribution in [-0.4, -0.2) is 48.6 Å². The summed E-state index contributed by atoms with van der Waals surface area (Å²) in [6.45, 7) is 8.85. The van der Waals surface area contributed by atoms with Crippen LogP contribution in [0.15, 0.2) is 54.6 Å². The number of hydrogen-bond acceptors (Lipinski definition) is 7. The van der Waals surface area contributed by atoms with E-state index in [1.54, 1.807) is 34.1 Å². The van der Waals surface area contributed by atoms with Gasteiger partial charge in [0.05, 0.1) is 16.8 Å². The van der Waals surface area contributed by atoms with Crippen molar-refractivity contribution in [3.05, 3.63) is 65.7 Å². The van der Waals surface area contributed by atoms with Gasteiger partial charge in [-0.25, -0.2) is 0 Å². The van der Waals surface area contributed by atoms with Gasteiger partial charge in [-0.3, -0.25) is 24.0 Å². The van der Waals surface area contributed by atoms with Gasteiger partial charge in [0, 0.05) is 79.7 Å². The van der Waals surface area contributed by atoms with Crippen molar-refractivity contribution >= 4 is 79.9 Å². The molecule has 4 aromatic rings. The third-order valence-corrected chi connectivity index (χ3v) is 11.2. The quantitative estimate of drug-likeness (QED) is 0.122. The highest BCUT2D eigenvalue weighted by molar-refractivity contribution is 6.19. The van der Waals surface area contributed by atoms with Gasteiger partial charge in [0.1, 0.15) is 11.5 Å². The van der Waals surface area contributed by atoms with Crippen LogP contribution < -0.4 is 24.6 Å². The number of carbonyl (C=O) groups is 5. The number of alkyl halides is 1. The number of rotatable bonds is 7. The third-order valence-electron chi connectivity index (χ3n) is 10.8. The lowest BCUT2D eigenvalue weighted by Crippen LogP contribution is -2.60. The molecule has 0 radical (unpaired) electrons. The van der Waals surface area contributed by atoms with Gasteiger partial charge in [0.25, 0.3) is 0 Å². The number of nitrogens with zero attached hydrogens (tertiary/aromatic N) is 2. The summed E-state index contributed by atoms with van der Waals surface area (Å²) in [7, 11) is 0. The molecule has 3 amide bonds. The average Bonchev–Trinajstić information content (AvgIpc) is 3.67. The van der Waals surface area contributed by atoms with Crippen molar-refractivity contribution in [3.63, 3.8) is 0 Å². The molecule has 10 nitrogen and oxygen atoms in total. The number of carbonyl (C=O) groups excluding carboxylic acids is 5. The van der Waals surface area contributed by atoms with Crippen molar-refractivity contribution < 1.29 is 33.4 Å². The molecule has 0 spiro atoms. The van der Waals surface area contributed by atoms with Gasteiger partial charge in [-0.2, -0.15) is 0 Å². The van der Waals surface area contributed by atoms with Gasteiger partial charge in [0.2, 0.25) is 17.7 Å². The molecule has 1 saturated carbocycles. The molecule has 2 aliphatic heterocycles. The zero-order valence-corrected chi connectivity index (χ0v) is 30.1. The predicted molar refractivity (Wildman–Crippen MR) is 197 cm³/mol. The minimum absolute atomic E-state index is 0.0661. The molecule has 1 N–H and O–H groups in total. The second-order valence-corrected chi connectivity index (χ2v) is 14.7. The Morgan fingerprint density at radius 3 is 2.06 bits per heavy atom. The first-order chi connectivity index (χ1) is 24.3. The molecule has 2 heterocycles. The minimum Gasteiger partial charge on any atom is -0.426 e. The Hall–Kier alpha value is -4.96. The van der Waals surface area contributed by atoms with Gasteiger partial charge >= 0.3 is 11.9 Å². The Morgan fingerprint density at radius 1 is 0.824 bits per heavy atom. The molecule has 1 aliphatic carbocycles. The normalized spacial score (nSPS) is 22.0. The Bertz CT molecular complexity index is 2170. The molecule has 0 saturated heterocycles. The number of hydrogen-bond donors (Lipinski definition) is 1. The minimum atomic E-state index is -0.817. The number of benzene rings is 4. The largest absolute Gasteiger partial charge is 0.426 e. The summed E-state index contributed by atoms with van der Waals surface area (Å²) in [4.78, 5) is 68.7. The zero-order chi connectivity index (χ0) is 36.4. The first kappa shape index (κ1) is 34.5. The zero-order valence-electron chi connectivity index (χ0n) is 29.4. The van der Waals surface area contributed by atoms with E-state index in [0.29, 0.717) is 78.6 Å². The van der Waals surface area contributed by atoms with E-state index in [0.717, 1.165) is 27.3 Å². The fraction of sp³-hybridized carbons (Fsp3) is 0.375. The Kier molecular flexibility index (Phi) is 8.57. The summed E-state index contributed by atoms with van der Waals surface area (Å²) in [6.07, 6.45) is 1.84. The number of fused-ring (bicyclic) bond motifs is 6. The van der Waals surface area contributed by atoms with E-state index in [1.165, 1.54) is 20.8 Å². The van der Waals surface area contributed by atoms with Crippen molar-refractivity contribution in [2.24, 2.45) is 10.8 Å². The van der Waals surface area contributed by atoms with Crippen molar-refractivity contribution in [2.75, 3.05) is 34.1 Å². The summed E-state index contributed by atoms with van der Waals surface area (Å²) in [5, 5.41) is 6.00. The first-order valence-corrected chi connectivity index (χ1v) is 17.8. The molecule has 1 atom stereocenters. The molecule has 1 unspecified atom stereocenters. The van der Waals surface area contributed by atoms with Gasteiger partial charge in [-0.05, 0) is 65.8 Å². The molecule has 3 aliphatic rings. The molecule has 7 rings (SSSR count). The molecule has 4 aromatic carbocycles. The van der Waals surface area contributed by atoms with E-state index in [1.807, 2.05) is 44.2 Å². The van der Waals surface area contributed by atoms with E-state index < -0.39 is 22.8 Å². The molecule has 11 heteroatoms. The standard InChI is InChI=1S/C40H40ClN3O7/c1-6-40(38(49)44-19-25(18-41)36-30-10-8-7-9-28(30)35(17-33(36)44)51-24(4)47)20-39(5,21-40)37(48)43-14-13-27-31-15-26(42-22(2)45)11-12-29(31)34(16-32(27)43)50-23(3)46/h7-12,15-17,25H,6,13-14,18-21H2,1-5H3,(H,42,45). The van der Waals surface area contributed by atoms with Crippen LogP contribution in [-0.2, 0) is 30.4 Å². The second kappa shape index (κ2) is 12.7. The van der Waals surface area contributed by atoms with Crippen LogP contribution in [0, 0.1) is 10.8 Å². The van der Waals surface area contributed by atoms with E-state index in [-0.39, 0.29) is 23.6 Å². The fourth-order valence-corrected chi connectivity index (χ4v) is 8.99. The molecular formula is C40H40ClN3O7. The number of nitrogens with one attached hydrogen (secondary N) is 1. The molecule has 0 aromatic heterocycles. The first-order valence-electron chi connectivity index (χ1n) is 17.3. The van der Waals surface area contributed by atoms with Gasteiger partial charge < -0.3 is 24.6 Å². The highest BCUT2D eigenvalue weighted by Crippen LogP contribution is 2.60. The number of esters is 2. The number of ether oxygens (including phenoxy) is 2. The van der Waals surface area contributed by atoms with Crippen LogP contribution in [0.25, 0.3) is 21.5 Å². The highest BCUT2D eigenvalue weighted by Gasteiger charge is 2.61. The van der Waals surface area contributed by atoms with Gasteiger partial charge in [-0.1, -0.05) is 38.1 Å². The second-order valence-electron chi connectivity index (χ2n) is 14.4. The van der Waals surface area contributed by atoms with Gasteiger partial charge in [-0.15, -0.1) is 11.6 Å². The molecule has 0 bridgehead atoms. The van der Waals surface area contributed by atoms with Gasteiger partial charge in [0.15, 0.2) is 0 Å². The molecular weight excluding hydrogens is 670 g/mol. The van der Waals surface area contributed by atoms with Crippen molar-refractivity contribution in [3.8, 4) is 11.5 Å². The van der Waals surface area contributed by atoms with Crippen LogP contribution in [0.5, 0.6) is 11.5 Å². The van der Waals surface area contributed by atoms with Crippen LogP contribution in [0.3, 0.4) is 0 Å². The maximum Gasteiger partial charge on any atom is 0.308 e. The van der Waals surface area contributed by atoms with Crippen LogP contribution in [0.1, 0.15) is 70.9 Å². The van der Waals surface area contributed by atoms with Crippen LogP contribution >= 0.6 is 11.6 Å². The summed E-state index contributed by atoms with van der Waals surface area (Å²) < 4.78 is 11.2. The summed E-state index contributed by atoms with van der Waals surface area (Å²) in [6, 6.07) is 16.6. The Balaban J connectivity index is 1.21. The van der Waals surface area contributed by atoms with E-state index in [2.05, 4.69) is 5.32 Å². The summed E-state index contributed by atoms with van der Waals surface area (Å²) in [5.74, 6) is -0.372. The summed E-state index contributed by atoms with van der Waals surface area (Å²) in [5.41, 5.74) is 2.24. The highest BCUT2D eigenvalue weighted by atomic mass is 35.5. The van der Waals surface area contributed by atoms with E-state index in [9.17, 15) is 24.0 Å². The number of amides is 3. The molecule has 1 fully saturated rings. The van der Waals surface area contributed by atoms with E-state index >= 15 is 0 Å². The molecule has 51 heavy (non-hydrogen) atoms. The van der Waals surface area contributed by atoms with Crippen LogP contribution in [0.2, 0.25) is 0 Å². The topological polar surface area (TPSA) is 122 Å². The number of anilines is 3. The molecule has 264 valence electrons. The third kappa shape index (κ3) is 5.69. The fourth-order valence-electron chi connectivity index (χ4n) is 8.74. The monoisotopic (exact) mass is 709 g/mol.